The van der Waals surface area contributed by atoms with Crippen LogP contribution in [0.1, 0.15) is 12.8 Å². The molecule has 3 nitrogen and oxygen atoms in total. The Morgan fingerprint density at radius 3 is 3.12 bits per heavy atom. The zero-order valence-corrected chi connectivity index (χ0v) is 10.4. The van der Waals surface area contributed by atoms with Gasteiger partial charge in [0.25, 0.3) is 0 Å². The molecule has 0 spiro atoms. The lowest BCUT2D eigenvalue weighted by molar-refractivity contribution is 0.513. The molecule has 0 aliphatic carbocycles. The van der Waals surface area contributed by atoms with Crippen LogP contribution in [-0.2, 0) is 6.54 Å². The fourth-order valence-corrected chi connectivity index (χ4v) is 3.15. The predicted octanol–water partition coefficient (Wildman–Crippen LogP) is 2.62. The number of nitrogens with zero attached hydrogens (tertiary/aromatic N) is 2. The highest BCUT2D eigenvalue weighted by Gasteiger charge is 2.13. The first-order chi connectivity index (χ1) is 7.90. The molecule has 0 saturated carbocycles. The SMILES string of the molecule is C=CCn1ccnc1NCC1CCSCC1. The van der Waals surface area contributed by atoms with Gasteiger partial charge in [-0.25, -0.2) is 4.98 Å². The highest BCUT2D eigenvalue weighted by molar-refractivity contribution is 7.99. The molecule has 0 aromatic carbocycles. The smallest absolute Gasteiger partial charge is 0.203 e. The number of allylic oxidation sites excluding steroid dienone is 1. The molecule has 0 unspecified atom stereocenters. The first-order valence-electron chi connectivity index (χ1n) is 5.84. The summed E-state index contributed by atoms with van der Waals surface area (Å²) in [5, 5.41) is 3.44. The first-order valence-corrected chi connectivity index (χ1v) is 6.99. The number of aromatic nitrogens is 2. The van der Waals surface area contributed by atoms with Gasteiger partial charge in [-0.2, -0.15) is 11.8 Å². The molecule has 1 aromatic heterocycles. The maximum absolute atomic E-state index is 4.32. The summed E-state index contributed by atoms with van der Waals surface area (Å²) in [6, 6.07) is 0. The lowest BCUT2D eigenvalue weighted by Crippen LogP contribution is -2.20. The van der Waals surface area contributed by atoms with E-state index in [0.29, 0.717) is 0 Å². The monoisotopic (exact) mass is 237 g/mol. The normalized spacial score (nSPS) is 17.2. The highest BCUT2D eigenvalue weighted by Crippen LogP contribution is 2.22. The molecule has 2 rings (SSSR count). The third-order valence-corrected chi connectivity index (χ3v) is 3.98. The molecule has 1 aliphatic rings. The van der Waals surface area contributed by atoms with Crippen molar-refractivity contribution in [3.05, 3.63) is 25.0 Å². The number of hydrogen-bond donors (Lipinski definition) is 1. The number of imidazole rings is 1. The predicted molar refractivity (Wildman–Crippen MR) is 71.0 cm³/mol. The summed E-state index contributed by atoms with van der Waals surface area (Å²) in [6.07, 6.45) is 8.38. The minimum Gasteiger partial charge on any atom is -0.355 e. The molecule has 0 radical (unpaired) electrons. The molecule has 2 heterocycles. The van der Waals surface area contributed by atoms with Gasteiger partial charge in [-0.15, -0.1) is 6.58 Å². The fraction of sp³-hybridized carbons (Fsp3) is 0.583. The van der Waals surface area contributed by atoms with Gasteiger partial charge in [-0.05, 0) is 30.3 Å². The number of anilines is 1. The quantitative estimate of drug-likeness (QED) is 0.798. The van der Waals surface area contributed by atoms with Crippen molar-refractivity contribution in [3.63, 3.8) is 0 Å². The molecule has 1 saturated heterocycles. The largest absolute Gasteiger partial charge is 0.355 e. The second-order valence-corrected chi connectivity index (χ2v) is 5.35. The van der Waals surface area contributed by atoms with Crippen LogP contribution in [0.2, 0.25) is 0 Å². The molecule has 88 valence electrons. The van der Waals surface area contributed by atoms with Crippen LogP contribution in [0.5, 0.6) is 0 Å². The van der Waals surface area contributed by atoms with E-state index in [9.17, 15) is 0 Å². The van der Waals surface area contributed by atoms with Crippen molar-refractivity contribution in [2.24, 2.45) is 5.92 Å². The number of rotatable bonds is 5. The van der Waals surface area contributed by atoms with Gasteiger partial charge in [0.2, 0.25) is 5.95 Å². The van der Waals surface area contributed by atoms with E-state index >= 15 is 0 Å². The summed E-state index contributed by atoms with van der Waals surface area (Å²) >= 11 is 2.07. The van der Waals surface area contributed by atoms with E-state index in [1.165, 1.54) is 24.3 Å². The van der Waals surface area contributed by atoms with Crippen molar-refractivity contribution in [2.75, 3.05) is 23.4 Å². The Morgan fingerprint density at radius 1 is 1.56 bits per heavy atom. The van der Waals surface area contributed by atoms with Crippen LogP contribution < -0.4 is 5.32 Å². The van der Waals surface area contributed by atoms with Crippen LogP contribution in [0.4, 0.5) is 5.95 Å². The lowest BCUT2D eigenvalue weighted by atomic mass is 10.0. The average molecular weight is 237 g/mol. The second-order valence-electron chi connectivity index (χ2n) is 4.13. The minimum atomic E-state index is 0.815. The highest BCUT2D eigenvalue weighted by atomic mass is 32.2. The van der Waals surface area contributed by atoms with Crippen LogP contribution in [0.25, 0.3) is 0 Å². The van der Waals surface area contributed by atoms with Crippen LogP contribution in [0.15, 0.2) is 25.0 Å². The van der Waals surface area contributed by atoms with Gasteiger partial charge in [0, 0.05) is 25.5 Å². The Bertz CT molecular complexity index is 329. The third-order valence-electron chi connectivity index (χ3n) is 2.93. The maximum Gasteiger partial charge on any atom is 0.203 e. The van der Waals surface area contributed by atoms with Crippen molar-refractivity contribution in [2.45, 2.75) is 19.4 Å². The van der Waals surface area contributed by atoms with Crippen molar-refractivity contribution in [1.29, 1.82) is 0 Å². The minimum absolute atomic E-state index is 0.815. The molecule has 1 fully saturated rings. The molecule has 1 aromatic rings. The van der Waals surface area contributed by atoms with Crippen LogP contribution in [-0.4, -0.2) is 27.6 Å². The van der Waals surface area contributed by atoms with Gasteiger partial charge in [0.1, 0.15) is 0 Å². The zero-order valence-electron chi connectivity index (χ0n) is 9.56. The molecule has 0 amide bonds. The Kier molecular flexibility index (Phi) is 4.34. The third kappa shape index (κ3) is 3.04. The van der Waals surface area contributed by atoms with Gasteiger partial charge in [0.05, 0.1) is 0 Å². The van der Waals surface area contributed by atoms with Crippen molar-refractivity contribution in [1.82, 2.24) is 9.55 Å². The van der Waals surface area contributed by atoms with Gasteiger partial charge < -0.3 is 9.88 Å². The summed E-state index contributed by atoms with van der Waals surface area (Å²) < 4.78 is 2.09. The summed E-state index contributed by atoms with van der Waals surface area (Å²) in [4.78, 5) is 4.32. The second kappa shape index (κ2) is 5.99. The number of hydrogen-bond acceptors (Lipinski definition) is 3. The zero-order chi connectivity index (χ0) is 11.2. The van der Waals surface area contributed by atoms with E-state index in [1.807, 2.05) is 18.5 Å². The Hall–Kier alpha value is -0.900. The Labute approximate surface area is 101 Å². The topological polar surface area (TPSA) is 29.9 Å². The van der Waals surface area contributed by atoms with E-state index in [4.69, 9.17) is 0 Å². The van der Waals surface area contributed by atoms with E-state index in [2.05, 4.69) is 33.2 Å². The molecule has 16 heavy (non-hydrogen) atoms. The molecule has 1 aliphatic heterocycles. The average Bonchev–Trinajstić information content (AvgIpc) is 2.76. The molecule has 4 heteroatoms. The van der Waals surface area contributed by atoms with Crippen molar-refractivity contribution in [3.8, 4) is 0 Å². The lowest BCUT2D eigenvalue weighted by Gasteiger charge is -2.21. The summed E-state index contributed by atoms with van der Waals surface area (Å²) in [5.74, 6) is 4.41. The van der Waals surface area contributed by atoms with Gasteiger partial charge in [-0.1, -0.05) is 6.08 Å². The standard InChI is InChI=1S/C12H19N3S/c1-2-6-15-7-5-13-12(15)14-10-11-3-8-16-9-4-11/h2,5,7,11H,1,3-4,6,8-10H2,(H,13,14). The van der Waals surface area contributed by atoms with E-state index in [1.54, 1.807) is 0 Å². The fourth-order valence-electron chi connectivity index (χ4n) is 1.95. The Balaban J connectivity index is 1.83. The summed E-state index contributed by atoms with van der Waals surface area (Å²) in [6.45, 7) is 5.62. The molecular weight excluding hydrogens is 218 g/mol. The molecule has 0 atom stereocenters. The molecule has 1 N–H and O–H groups in total. The Morgan fingerprint density at radius 2 is 2.38 bits per heavy atom. The molecule has 0 bridgehead atoms. The summed E-state index contributed by atoms with van der Waals surface area (Å²) in [5.41, 5.74) is 0. The van der Waals surface area contributed by atoms with Crippen molar-refractivity contribution >= 4 is 17.7 Å². The van der Waals surface area contributed by atoms with Crippen LogP contribution >= 0.6 is 11.8 Å². The maximum atomic E-state index is 4.32. The van der Waals surface area contributed by atoms with Gasteiger partial charge in [-0.3, -0.25) is 0 Å². The van der Waals surface area contributed by atoms with Crippen LogP contribution in [0.3, 0.4) is 0 Å². The van der Waals surface area contributed by atoms with Gasteiger partial charge >= 0.3 is 0 Å². The van der Waals surface area contributed by atoms with Crippen molar-refractivity contribution < 1.29 is 0 Å². The summed E-state index contributed by atoms with van der Waals surface area (Å²) in [7, 11) is 0. The molecular formula is C12H19N3S. The number of nitrogens with one attached hydrogen (secondary N) is 1. The van der Waals surface area contributed by atoms with E-state index < -0.39 is 0 Å². The number of thioether (sulfide) groups is 1. The first kappa shape index (κ1) is 11.6. The van der Waals surface area contributed by atoms with E-state index in [0.717, 1.165) is 25.0 Å². The van der Waals surface area contributed by atoms with Gasteiger partial charge in [0.15, 0.2) is 0 Å². The van der Waals surface area contributed by atoms with E-state index in [-0.39, 0.29) is 0 Å². The van der Waals surface area contributed by atoms with Crippen LogP contribution in [0, 0.1) is 5.92 Å².